The van der Waals surface area contributed by atoms with Gasteiger partial charge in [0, 0.05) is 6.07 Å². The number of nitrogens with two attached hydrogens (primary N) is 1. The Hall–Kier alpha value is -2.71. The lowest BCUT2D eigenvalue weighted by molar-refractivity contribution is -0.423. The van der Waals surface area contributed by atoms with Crippen molar-refractivity contribution >= 4 is 17.5 Å². The molecule has 0 bridgehead atoms. The Bertz CT molecular complexity index is 486. The van der Waals surface area contributed by atoms with Gasteiger partial charge in [-0.2, -0.15) is 0 Å². The molecule has 1 amide bonds. The van der Waals surface area contributed by atoms with Gasteiger partial charge in [-0.3, -0.25) is 20.2 Å². The summed E-state index contributed by atoms with van der Waals surface area (Å²) in [5, 5.41) is 21.3. The quantitative estimate of drug-likeness (QED) is 0.618. The van der Waals surface area contributed by atoms with Gasteiger partial charge in [-0.25, -0.2) is 4.79 Å². The molecule has 0 aliphatic carbocycles. The molecule has 9 heteroatoms. The van der Waals surface area contributed by atoms with E-state index in [9.17, 15) is 25.0 Å². The van der Waals surface area contributed by atoms with Gasteiger partial charge in [0.2, 0.25) is 0 Å². The maximum absolute atomic E-state index is 10.7. The number of ether oxygens (including phenoxy) is 1. The maximum atomic E-state index is 10.7. The molecule has 1 aromatic rings. The standard InChI is InChI=1S/C8H7N3O6/c9-8(12)17-4-5-2-1-3-6(10(13)14)7(5)11(15)16/h1-3H,4H2,(H2,9,12). The van der Waals surface area contributed by atoms with Crippen LogP contribution < -0.4 is 5.73 Å². The predicted octanol–water partition coefficient (Wildman–Crippen LogP) is 1.10. The average molecular weight is 241 g/mol. The van der Waals surface area contributed by atoms with Crippen LogP contribution in [0, 0.1) is 20.2 Å². The van der Waals surface area contributed by atoms with Crippen molar-refractivity contribution in [2.75, 3.05) is 0 Å². The van der Waals surface area contributed by atoms with Crippen molar-refractivity contribution in [3.8, 4) is 0 Å². The van der Waals surface area contributed by atoms with Crippen LogP contribution in [0.25, 0.3) is 0 Å². The van der Waals surface area contributed by atoms with E-state index in [1.165, 1.54) is 12.1 Å². The molecule has 0 radical (unpaired) electrons. The highest BCUT2D eigenvalue weighted by molar-refractivity contribution is 5.65. The van der Waals surface area contributed by atoms with Crippen LogP contribution in [0.1, 0.15) is 5.56 Å². The zero-order chi connectivity index (χ0) is 13.0. The highest BCUT2D eigenvalue weighted by atomic mass is 16.6. The first kappa shape index (κ1) is 12.4. The third-order valence-corrected chi connectivity index (χ3v) is 1.85. The SMILES string of the molecule is NC(=O)OCc1cccc([N+](=O)[O-])c1[N+](=O)[O-]. The van der Waals surface area contributed by atoms with E-state index in [-0.39, 0.29) is 5.56 Å². The number of benzene rings is 1. The van der Waals surface area contributed by atoms with E-state index in [0.29, 0.717) is 0 Å². The second-order valence-electron chi connectivity index (χ2n) is 2.91. The summed E-state index contributed by atoms with van der Waals surface area (Å²) < 4.78 is 4.37. The molecule has 0 aliphatic rings. The van der Waals surface area contributed by atoms with Gasteiger partial charge in [0.1, 0.15) is 6.61 Å². The van der Waals surface area contributed by atoms with Gasteiger partial charge in [-0.1, -0.05) is 6.07 Å². The molecule has 0 aliphatic heterocycles. The van der Waals surface area contributed by atoms with Crippen molar-refractivity contribution in [2.24, 2.45) is 5.73 Å². The Labute approximate surface area is 94.1 Å². The summed E-state index contributed by atoms with van der Waals surface area (Å²) >= 11 is 0. The molecule has 0 aromatic heterocycles. The third kappa shape index (κ3) is 2.87. The fraction of sp³-hybridized carbons (Fsp3) is 0.125. The van der Waals surface area contributed by atoms with Crippen LogP contribution in [0.4, 0.5) is 16.2 Å². The lowest BCUT2D eigenvalue weighted by Crippen LogP contribution is -2.13. The number of hydrogen-bond acceptors (Lipinski definition) is 6. The van der Waals surface area contributed by atoms with Crippen molar-refractivity contribution < 1.29 is 19.4 Å². The summed E-state index contributed by atoms with van der Waals surface area (Å²) in [4.78, 5) is 29.9. The summed E-state index contributed by atoms with van der Waals surface area (Å²) in [6.45, 7) is -0.493. The Morgan fingerprint density at radius 2 is 1.94 bits per heavy atom. The van der Waals surface area contributed by atoms with E-state index in [1.54, 1.807) is 0 Å². The third-order valence-electron chi connectivity index (χ3n) is 1.85. The number of nitrogens with zero attached hydrogens (tertiary/aromatic N) is 2. The molecular formula is C8H7N3O6. The Balaban J connectivity index is 3.20. The molecule has 1 aromatic carbocycles. The predicted molar refractivity (Wildman–Crippen MR) is 54.1 cm³/mol. The molecule has 1 rings (SSSR count). The molecule has 9 nitrogen and oxygen atoms in total. The number of nitro benzene ring substituents is 2. The van der Waals surface area contributed by atoms with E-state index in [0.717, 1.165) is 6.07 Å². The highest BCUT2D eigenvalue weighted by Gasteiger charge is 2.28. The minimum atomic E-state index is -1.12. The summed E-state index contributed by atoms with van der Waals surface area (Å²) in [5.41, 5.74) is 3.23. The van der Waals surface area contributed by atoms with E-state index in [4.69, 9.17) is 5.73 Å². The largest absolute Gasteiger partial charge is 0.445 e. The molecule has 0 saturated carbocycles. The van der Waals surface area contributed by atoms with Crippen molar-refractivity contribution in [2.45, 2.75) is 6.61 Å². The lowest BCUT2D eigenvalue weighted by atomic mass is 10.1. The van der Waals surface area contributed by atoms with Crippen molar-refractivity contribution in [1.29, 1.82) is 0 Å². The topological polar surface area (TPSA) is 139 Å². The van der Waals surface area contributed by atoms with Crippen LogP contribution in [-0.4, -0.2) is 15.9 Å². The van der Waals surface area contributed by atoms with Gasteiger partial charge in [0.05, 0.1) is 15.4 Å². The molecule has 0 atom stereocenters. The molecule has 0 fully saturated rings. The molecule has 0 spiro atoms. The molecule has 0 unspecified atom stereocenters. The smallest absolute Gasteiger partial charge is 0.404 e. The number of carbonyl (C=O) groups is 1. The first-order chi connectivity index (χ1) is 7.93. The zero-order valence-corrected chi connectivity index (χ0v) is 8.36. The fourth-order valence-electron chi connectivity index (χ4n) is 1.20. The van der Waals surface area contributed by atoms with Crippen LogP contribution in [0.2, 0.25) is 0 Å². The summed E-state index contributed by atoms with van der Waals surface area (Å²) in [6, 6.07) is 3.49. The van der Waals surface area contributed by atoms with Crippen LogP contribution in [0.5, 0.6) is 0 Å². The molecule has 0 heterocycles. The van der Waals surface area contributed by atoms with Gasteiger partial charge in [-0.05, 0) is 6.07 Å². The van der Waals surface area contributed by atoms with E-state index in [1.807, 2.05) is 0 Å². The second-order valence-corrected chi connectivity index (χ2v) is 2.91. The van der Waals surface area contributed by atoms with Crippen LogP contribution >= 0.6 is 0 Å². The first-order valence-electron chi connectivity index (χ1n) is 4.26. The number of para-hydroxylation sites is 1. The monoisotopic (exact) mass is 241 g/mol. The Kier molecular flexibility index (Phi) is 3.55. The first-order valence-corrected chi connectivity index (χ1v) is 4.26. The van der Waals surface area contributed by atoms with Crippen LogP contribution in [-0.2, 0) is 11.3 Å². The van der Waals surface area contributed by atoms with Gasteiger partial charge in [-0.15, -0.1) is 0 Å². The second kappa shape index (κ2) is 4.88. The molecule has 90 valence electrons. The van der Waals surface area contributed by atoms with Gasteiger partial charge in [0.15, 0.2) is 0 Å². The average Bonchev–Trinajstić information content (AvgIpc) is 2.25. The van der Waals surface area contributed by atoms with Crippen molar-refractivity contribution in [1.82, 2.24) is 0 Å². The molecule has 0 saturated heterocycles. The number of rotatable bonds is 4. The molecule has 2 N–H and O–H groups in total. The van der Waals surface area contributed by atoms with Gasteiger partial charge in [0.25, 0.3) is 0 Å². The summed E-state index contributed by atoms with van der Waals surface area (Å²) in [7, 11) is 0. The Morgan fingerprint density at radius 3 is 2.41 bits per heavy atom. The number of nitro groups is 2. The molecule has 17 heavy (non-hydrogen) atoms. The fourth-order valence-corrected chi connectivity index (χ4v) is 1.20. The number of primary amides is 1. The number of hydrogen-bond donors (Lipinski definition) is 1. The van der Waals surface area contributed by atoms with Crippen LogP contribution in [0.15, 0.2) is 18.2 Å². The van der Waals surface area contributed by atoms with E-state index < -0.39 is 33.9 Å². The summed E-state index contributed by atoms with van der Waals surface area (Å²) in [5.74, 6) is 0. The Morgan fingerprint density at radius 1 is 1.29 bits per heavy atom. The van der Waals surface area contributed by atoms with Gasteiger partial charge >= 0.3 is 17.5 Å². The lowest BCUT2D eigenvalue weighted by Gasteiger charge is -2.03. The van der Waals surface area contributed by atoms with E-state index >= 15 is 0 Å². The minimum absolute atomic E-state index is 0.0944. The van der Waals surface area contributed by atoms with Crippen molar-refractivity contribution in [3.63, 3.8) is 0 Å². The van der Waals surface area contributed by atoms with Gasteiger partial charge < -0.3 is 10.5 Å². The maximum Gasteiger partial charge on any atom is 0.404 e. The van der Waals surface area contributed by atoms with E-state index in [2.05, 4.69) is 4.74 Å². The van der Waals surface area contributed by atoms with Crippen LogP contribution in [0.3, 0.4) is 0 Å². The number of carbonyl (C=O) groups excluding carboxylic acids is 1. The zero-order valence-electron chi connectivity index (χ0n) is 8.36. The highest BCUT2D eigenvalue weighted by Crippen LogP contribution is 2.30. The normalized spacial score (nSPS) is 9.65. The molecular weight excluding hydrogens is 234 g/mol. The number of amides is 1. The van der Waals surface area contributed by atoms with Crippen molar-refractivity contribution in [3.05, 3.63) is 44.0 Å². The minimum Gasteiger partial charge on any atom is -0.445 e. The summed E-state index contributed by atoms with van der Waals surface area (Å²) in [6.07, 6.45) is -1.12.